The third kappa shape index (κ3) is 5.54. The molecule has 2 rings (SSSR count). The molecule has 152 valence electrons. The largest absolute Gasteiger partial charge is 0.492 e. The van der Waals surface area contributed by atoms with Gasteiger partial charge in [0.1, 0.15) is 23.7 Å². The summed E-state index contributed by atoms with van der Waals surface area (Å²) in [6.07, 6.45) is 0. The molecular formula is C19H26N4O5. The van der Waals surface area contributed by atoms with E-state index in [9.17, 15) is 14.4 Å². The van der Waals surface area contributed by atoms with Crippen molar-refractivity contribution in [3.63, 3.8) is 0 Å². The number of ether oxygens (including phenoxy) is 2. The molecular weight excluding hydrogens is 364 g/mol. The smallest absolute Gasteiger partial charge is 0.330 e. The second-order valence-electron chi connectivity index (χ2n) is 6.49. The molecule has 0 aliphatic rings. The molecule has 3 N–H and O–H groups in total. The highest BCUT2D eigenvalue weighted by atomic mass is 16.5. The van der Waals surface area contributed by atoms with E-state index < -0.39 is 17.0 Å². The van der Waals surface area contributed by atoms with Crippen molar-refractivity contribution in [3.8, 4) is 5.75 Å². The van der Waals surface area contributed by atoms with Crippen LogP contribution >= 0.6 is 0 Å². The zero-order valence-electron chi connectivity index (χ0n) is 16.4. The summed E-state index contributed by atoms with van der Waals surface area (Å²) >= 11 is 0. The Morgan fingerprint density at radius 1 is 1.21 bits per heavy atom. The molecule has 0 radical (unpaired) electrons. The maximum absolute atomic E-state index is 12.6. The lowest BCUT2D eigenvalue weighted by atomic mass is 10.2. The van der Waals surface area contributed by atoms with Crippen LogP contribution in [0.1, 0.15) is 15.9 Å². The van der Waals surface area contributed by atoms with Crippen LogP contribution < -0.4 is 21.7 Å². The molecule has 0 amide bonds. The van der Waals surface area contributed by atoms with Crippen LogP contribution in [-0.2, 0) is 11.3 Å². The summed E-state index contributed by atoms with van der Waals surface area (Å²) in [7, 11) is 3.22. The van der Waals surface area contributed by atoms with Crippen molar-refractivity contribution in [2.45, 2.75) is 13.5 Å². The molecule has 0 saturated heterocycles. The number of aromatic nitrogens is 2. The summed E-state index contributed by atoms with van der Waals surface area (Å²) in [5.41, 5.74) is 5.38. The van der Waals surface area contributed by atoms with Crippen LogP contribution in [0.15, 0.2) is 33.9 Å². The molecule has 0 fully saturated rings. The van der Waals surface area contributed by atoms with Gasteiger partial charge in [0.25, 0.3) is 5.56 Å². The molecule has 0 saturated carbocycles. The lowest BCUT2D eigenvalue weighted by Gasteiger charge is -2.17. The van der Waals surface area contributed by atoms with Crippen LogP contribution in [0.4, 0.5) is 5.82 Å². The molecule has 0 aliphatic heterocycles. The molecule has 9 heteroatoms. The predicted octanol–water partition coefficient (Wildman–Crippen LogP) is 0.267. The Balaban J connectivity index is 2.00. The summed E-state index contributed by atoms with van der Waals surface area (Å²) < 4.78 is 11.7. The van der Waals surface area contributed by atoms with Gasteiger partial charge in [-0.2, -0.15) is 0 Å². The molecule has 0 atom stereocenters. The van der Waals surface area contributed by atoms with E-state index in [4.69, 9.17) is 15.2 Å². The number of methoxy groups -OCH3 is 1. The van der Waals surface area contributed by atoms with Crippen LogP contribution in [-0.4, -0.2) is 60.7 Å². The molecule has 0 bridgehead atoms. The minimum absolute atomic E-state index is 0.0347. The first-order valence-corrected chi connectivity index (χ1v) is 8.86. The first-order chi connectivity index (χ1) is 13.3. The highest BCUT2D eigenvalue weighted by Gasteiger charge is 2.20. The number of nitrogens with two attached hydrogens (primary N) is 1. The van der Waals surface area contributed by atoms with Crippen molar-refractivity contribution in [1.29, 1.82) is 0 Å². The Hall–Kier alpha value is -2.91. The van der Waals surface area contributed by atoms with Crippen LogP contribution in [0.2, 0.25) is 0 Å². The minimum atomic E-state index is -0.787. The van der Waals surface area contributed by atoms with E-state index in [0.29, 0.717) is 13.2 Å². The number of nitrogen functional groups attached to an aromatic ring is 1. The number of H-pyrrole nitrogens is 1. The second kappa shape index (κ2) is 9.86. The molecule has 0 spiro atoms. The average molecular weight is 390 g/mol. The lowest BCUT2D eigenvalue weighted by Crippen LogP contribution is -2.39. The number of carbonyl (C=O) groups excluding carboxylic acids is 1. The van der Waals surface area contributed by atoms with E-state index in [1.165, 1.54) is 7.11 Å². The summed E-state index contributed by atoms with van der Waals surface area (Å²) in [6.45, 7) is 3.17. The average Bonchev–Trinajstić information content (AvgIpc) is 2.63. The van der Waals surface area contributed by atoms with Gasteiger partial charge in [0.2, 0.25) is 0 Å². The molecule has 28 heavy (non-hydrogen) atoms. The standard InChI is InChI=1S/C19H26N4O5/c1-13-4-6-14(7-5-13)28-11-8-22(2)12-15(24)16-17(20)23(9-10-27-3)19(26)21-18(16)25/h4-7H,8-12,20H2,1-3H3,(H,21,25,26). The molecule has 1 aromatic carbocycles. The van der Waals surface area contributed by atoms with Gasteiger partial charge in [0.05, 0.1) is 19.7 Å². The fourth-order valence-corrected chi connectivity index (χ4v) is 2.62. The second-order valence-corrected chi connectivity index (χ2v) is 6.49. The van der Waals surface area contributed by atoms with Crippen LogP contribution in [0, 0.1) is 6.92 Å². The summed E-state index contributed by atoms with van der Waals surface area (Å²) in [4.78, 5) is 40.4. The van der Waals surface area contributed by atoms with Gasteiger partial charge in [-0.3, -0.25) is 24.0 Å². The Labute approximate surface area is 162 Å². The maximum Gasteiger partial charge on any atom is 0.330 e. The Morgan fingerprint density at radius 3 is 2.54 bits per heavy atom. The van der Waals surface area contributed by atoms with Crippen LogP contribution in [0.5, 0.6) is 5.75 Å². The zero-order chi connectivity index (χ0) is 20.7. The van der Waals surface area contributed by atoms with Crippen molar-refractivity contribution in [3.05, 3.63) is 56.2 Å². The maximum atomic E-state index is 12.6. The third-order valence-electron chi connectivity index (χ3n) is 4.21. The quantitative estimate of drug-likeness (QED) is 0.559. The number of nitrogens with zero attached hydrogens (tertiary/aromatic N) is 2. The van der Waals surface area contributed by atoms with E-state index in [1.807, 2.05) is 31.2 Å². The van der Waals surface area contributed by atoms with E-state index in [-0.39, 0.29) is 31.1 Å². The van der Waals surface area contributed by atoms with Gasteiger partial charge in [0.15, 0.2) is 5.78 Å². The number of carbonyl (C=O) groups is 1. The SMILES string of the molecule is COCCn1c(N)c(C(=O)CN(C)CCOc2ccc(C)cc2)c(=O)[nH]c1=O. The molecule has 2 aromatic rings. The zero-order valence-corrected chi connectivity index (χ0v) is 16.4. The predicted molar refractivity (Wildman–Crippen MR) is 106 cm³/mol. The van der Waals surface area contributed by atoms with Crippen LogP contribution in [0.25, 0.3) is 0 Å². The van der Waals surface area contributed by atoms with Gasteiger partial charge >= 0.3 is 5.69 Å². The fourth-order valence-electron chi connectivity index (χ4n) is 2.62. The van der Waals surface area contributed by atoms with Crippen LogP contribution in [0.3, 0.4) is 0 Å². The lowest BCUT2D eigenvalue weighted by molar-refractivity contribution is 0.0936. The first-order valence-electron chi connectivity index (χ1n) is 8.86. The van der Waals surface area contributed by atoms with E-state index >= 15 is 0 Å². The molecule has 0 aliphatic carbocycles. The van der Waals surface area contributed by atoms with Gasteiger partial charge in [0, 0.05) is 13.7 Å². The topological polar surface area (TPSA) is 120 Å². The van der Waals surface area contributed by atoms with Gasteiger partial charge in [-0.05, 0) is 26.1 Å². The fraction of sp³-hybridized carbons (Fsp3) is 0.421. The number of ketones is 1. The normalized spacial score (nSPS) is 11.0. The molecule has 1 heterocycles. The number of rotatable bonds is 10. The van der Waals surface area contributed by atoms with Crippen molar-refractivity contribution in [2.75, 3.05) is 46.2 Å². The van der Waals surface area contributed by atoms with Crippen molar-refractivity contribution >= 4 is 11.6 Å². The molecule has 9 nitrogen and oxygen atoms in total. The first kappa shape index (κ1) is 21.4. The van der Waals surface area contributed by atoms with Crippen molar-refractivity contribution in [2.24, 2.45) is 0 Å². The molecule has 0 unspecified atom stereocenters. The minimum Gasteiger partial charge on any atom is -0.492 e. The van der Waals surface area contributed by atoms with Gasteiger partial charge < -0.3 is 15.2 Å². The summed E-state index contributed by atoms with van der Waals surface area (Å²) in [5.74, 6) is 0.124. The third-order valence-corrected chi connectivity index (χ3v) is 4.21. The molecule has 1 aromatic heterocycles. The number of benzene rings is 1. The van der Waals surface area contributed by atoms with Gasteiger partial charge in [-0.15, -0.1) is 0 Å². The summed E-state index contributed by atoms with van der Waals surface area (Å²) in [5, 5.41) is 0. The number of hydrogen-bond acceptors (Lipinski definition) is 7. The number of aromatic amines is 1. The number of Topliss-reactive ketones (excluding diaryl/α,β-unsaturated/α-hetero) is 1. The Kier molecular flexibility index (Phi) is 7.53. The number of likely N-dealkylation sites (N-methyl/N-ethyl adjacent to an activating group) is 1. The number of aryl methyl sites for hydroxylation is 1. The van der Waals surface area contributed by atoms with E-state index in [1.54, 1.807) is 11.9 Å². The number of hydrogen-bond donors (Lipinski definition) is 2. The number of anilines is 1. The highest BCUT2D eigenvalue weighted by molar-refractivity contribution is 6.01. The van der Waals surface area contributed by atoms with E-state index in [2.05, 4.69) is 4.98 Å². The highest BCUT2D eigenvalue weighted by Crippen LogP contribution is 2.11. The van der Waals surface area contributed by atoms with Gasteiger partial charge in [-0.1, -0.05) is 17.7 Å². The van der Waals surface area contributed by atoms with Crippen molar-refractivity contribution in [1.82, 2.24) is 14.5 Å². The summed E-state index contributed by atoms with van der Waals surface area (Å²) in [6, 6.07) is 7.67. The Morgan fingerprint density at radius 2 is 1.89 bits per heavy atom. The van der Waals surface area contributed by atoms with Crippen molar-refractivity contribution < 1.29 is 14.3 Å². The van der Waals surface area contributed by atoms with Gasteiger partial charge in [-0.25, -0.2) is 4.79 Å². The Bertz CT molecular complexity index is 917. The monoisotopic (exact) mass is 390 g/mol. The van der Waals surface area contributed by atoms with E-state index in [0.717, 1.165) is 15.9 Å². The number of nitrogens with one attached hydrogen (secondary N) is 1.